The number of hydrogen-bond acceptors (Lipinski definition) is 5. The highest BCUT2D eigenvalue weighted by Crippen LogP contribution is 2.25. The molecular formula is C15H19ClN4O2. The van der Waals surface area contributed by atoms with E-state index in [0.717, 1.165) is 5.69 Å². The van der Waals surface area contributed by atoms with E-state index in [0.29, 0.717) is 36.8 Å². The molecule has 2 rings (SSSR count). The number of nitriles is 1. The van der Waals surface area contributed by atoms with Gasteiger partial charge in [0.2, 0.25) is 5.91 Å². The molecule has 0 spiro atoms. The van der Waals surface area contributed by atoms with Gasteiger partial charge in [-0.2, -0.15) is 5.26 Å². The molecule has 1 aromatic carbocycles. The average Bonchev–Trinajstić information content (AvgIpc) is 2.46. The van der Waals surface area contributed by atoms with Crippen molar-refractivity contribution in [2.45, 2.75) is 6.10 Å². The number of halogens is 1. The molecule has 1 aliphatic heterocycles. The minimum atomic E-state index is -0.361. The van der Waals surface area contributed by atoms with Gasteiger partial charge in [0.25, 0.3) is 0 Å². The molecule has 0 radical (unpaired) electrons. The number of benzene rings is 1. The van der Waals surface area contributed by atoms with E-state index >= 15 is 0 Å². The van der Waals surface area contributed by atoms with Crippen LogP contribution < -0.4 is 10.6 Å². The van der Waals surface area contributed by atoms with Crippen LogP contribution in [0.15, 0.2) is 18.2 Å². The lowest BCUT2D eigenvalue weighted by Crippen LogP contribution is -2.48. The molecule has 0 bridgehead atoms. The molecular weight excluding hydrogens is 304 g/mol. The summed E-state index contributed by atoms with van der Waals surface area (Å²) in [5, 5.41) is 9.81. The second-order valence-corrected chi connectivity index (χ2v) is 5.81. The normalized spacial score (nSPS) is 18.3. The van der Waals surface area contributed by atoms with Crippen LogP contribution in [0.25, 0.3) is 0 Å². The van der Waals surface area contributed by atoms with Crippen LogP contribution in [0, 0.1) is 11.3 Å². The predicted molar refractivity (Wildman–Crippen MR) is 84.8 cm³/mol. The number of hydrogen-bond donors (Lipinski definition) is 1. The Balaban J connectivity index is 2.05. The molecule has 1 atom stereocenters. The van der Waals surface area contributed by atoms with Gasteiger partial charge in [0.05, 0.1) is 30.5 Å². The van der Waals surface area contributed by atoms with Crippen LogP contribution in [0.4, 0.5) is 5.69 Å². The molecule has 0 saturated carbocycles. The van der Waals surface area contributed by atoms with E-state index in [9.17, 15) is 10.1 Å². The molecule has 1 aromatic rings. The van der Waals surface area contributed by atoms with E-state index in [-0.39, 0.29) is 18.6 Å². The lowest BCUT2D eigenvalue weighted by Gasteiger charge is -2.36. The average molecular weight is 323 g/mol. The number of anilines is 1. The third kappa shape index (κ3) is 4.34. The Kier molecular flexibility index (Phi) is 5.61. The molecule has 7 heteroatoms. The fourth-order valence-corrected chi connectivity index (χ4v) is 2.77. The third-order valence-corrected chi connectivity index (χ3v) is 3.73. The minimum Gasteiger partial charge on any atom is -0.373 e. The van der Waals surface area contributed by atoms with Crippen LogP contribution in [-0.2, 0) is 9.53 Å². The molecule has 1 aliphatic rings. The number of amides is 1. The van der Waals surface area contributed by atoms with Crippen LogP contribution >= 0.6 is 11.6 Å². The lowest BCUT2D eigenvalue weighted by atomic mass is 10.1. The van der Waals surface area contributed by atoms with Crippen molar-refractivity contribution in [2.75, 3.05) is 44.7 Å². The number of carbonyl (C=O) groups excluding carboxylic acids is 1. The Hall–Kier alpha value is -1.81. The zero-order valence-corrected chi connectivity index (χ0v) is 13.2. The molecule has 1 heterocycles. The van der Waals surface area contributed by atoms with Crippen LogP contribution in [-0.4, -0.2) is 56.7 Å². The van der Waals surface area contributed by atoms with Gasteiger partial charge in [0, 0.05) is 24.7 Å². The smallest absolute Gasteiger partial charge is 0.231 e. The van der Waals surface area contributed by atoms with E-state index in [2.05, 4.69) is 11.0 Å². The van der Waals surface area contributed by atoms with Gasteiger partial charge in [-0.15, -0.1) is 0 Å². The Morgan fingerprint density at radius 3 is 3.09 bits per heavy atom. The zero-order valence-electron chi connectivity index (χ0n) is 12.5. The van der Waals surface area contributed by atoms with Crippen LogP contribution in [0.1, 0.15) is 5.56 Å². The Bertz CT molecular complexity index is 587. The fraction of sp³-hybridized carbons (Fsp3) is 0.467. The molecule has 2 N–H and O–H groups in total. The van der Waals surface area contributed by atoms with Gasteiger partial charge in [-0.25, -0.2) is 0 Å². The van der Waals surface area contributed by atoms with E-state index in [1.165, 1.54) is 0 Å². The quantitative estimate of drug-likeness (QED) is 0.868. The molecule has 22 heavy (non-hydrogen) atoms. The molecule has 0 aromatic heterocycles. The summed E-state index contributed by atoms with van der Waals surface area (Å²) in [5.74, 6) is -0.361. The molecule has 0 aliphatic carbocycles. The summed E-state index contributed by atoms with van der Waals surface area (Å²) in [6, 6.07) is 7.48. The number of primary amides is 1. The van der Waals surface area contributed by atoms with Crippen LogP contribution in [0.2, 0.25) is 5.02 Å². The van der Waals surface area contributed by atoms with Crippen molar-refractivity contribution in [3.8, 4) is 6.07 Å². The lowest BCUT2D eigenvalue weighted by molar-refractivity contribution is -0.119. The predicted octanol–water partition coefficient (Wildman–Crippen LogP) is 0.834. The number of nitrogens with zero attached hydrogens (tertiary/aromatic N) is 3. The molecule has 6 nitrogen and oxygen atoms in total. The number of carbonyl (C=O) groups is 1. The van der Waals surface area contributed by atoms with E-state index in [1.807, 2.05) is 18.0 Å². The first-order chi connectivity index (χ1) is 10.5. The van der Waals surface area contributed by atoms with Gasteiger partial charge in [-0.3, -0.25) is 9.69 Å². The monoisotopic (exact) mass is 322 g/mol. The first-order valence-electron chi connectivity index (χ1n) is 7.02. The van der Waals surface area contributed by atoms with Crippen molar-refractivity contribution in [3.63, 3.8) is 0 Å². The van der Waals surface area contributed by atoms with Gasteiger partial charge in [0.1, 0.15) is 6.07 Å². The Labute approximate surface area is 135 Å². The molecule has 0 unspecified atom stereocenters. The SMILES string of the molecule is CN(CC(N)=O)C[C@H]1CN(c2ccc(Cl)cc2C#N)CCO1. The fourth-order valence-electron chi connectivity index (χ4n) is 2.60. The van der Waals surface area contributed by atoms with Crippen LogP contribution in [0.5, 0.6) is 0 Å². The number of ether oxygens (including phenoxy) is 1. The molecule has 1 saturated heterocycles. The highest BCUT2D eigenvalue weighted by atomic mass is 35.5. The molecule has 1 fully saturated rings. The van der Waals surface area contributed by atoms with Crippen molar-refractivity contribution in [1.82, 2.24) is 4.90 Å². The highest BCUT2D eigenvalue weighted by molar-refractivity contribution is 6.30. The van der Waals surface area contributed by atoms with Gasteiger partial charge in [-0.05, 0) is 25.2 Å². The van der Waals surface area contributed by atoms with E-state index in [4.69, 9.17) is 22.1 Å². The Morgan fingerprint density at radius 2 is 2.41 bits per heavy atom. The number of nitrogens with two attached hydrogens (primary N) is 1. The topological polar surface area (TPSA) is 82.6 Å². The third-order valence-electron chi connectivity index (χ3n) is 3.50. The highest BCUT2D eigenvalue weighted by Gasteiger charge is 2.24. The first kappa shape index (κ1) is 16.6. The van der Waals surface area contributed by atoms with Crippen molar-refractivity contribution in [3.05, 3.63) is 28.8 Å². The van der Waals surface area contributed by atoms with Crippen molar-refractivity contribution in [2.24, 2.45) is 5.73 Å². The largest absolute Gasteiger partial charge is 0.373 e. The molecule has 1 amide bonds. The summed E-state index contributed by atoms with van der Waals surface area (Å²) >= 11 is 5.94. The van der Waals surface area contributed by atoms with Crippen LogP contribution in [0.3, 0.4) is 0 Å². The summed E-state index contributed by atoms with van der Waals surface area (Å²) in [6.45, 7) is 2.74. The number of rotatable bonds is 5. The van der Waals surface area contributed by atoms with Gasteiger partial charge in [-0.1, -0.05) is 11.6 Å². The van der Waals surface area contributed by atoms with Gasteiger partial charge < -0.3 is 15.4 Å². The standard InChI is InChI=1S/C15H19ClN4O2/c1-19(10-15(18)21)8-13-9-20(4-5-22-13)14-3-2-12(16)6-11(14)7-17/h2-3,6,13H,4-5,8-10H2,1H3,(H2,18,21)/t13-/m0/s1. The van der Waals surface area contributed by atoms with E-state index < -0.39 is 0 Å². The number of morpholine rings is 1. The van der Waals surface area contributed by atoms with Gasteiger partial charge in [0.15, 0.2) is 0 Å². The summed E-state index contributed by atoms with van der Waals surface area (Å²) in [6.07, 6.45) is -0.0414. The number of likely N-dealkylation sites (N-methyl/N-ethyl adjacent to an activating group) is 1. The summed E-state index contributed by atoms with van der Waals surface area (Å²) < 4.78 is 5.73. The summed E-state index contributed by atoms with van der Waals surface area (Å²) in [7, 11) is 1.83. The van der Waals surface area contributed by atoms with Crippen molar-refractivity contribution >= 4 is 23.2 Å². The van der Waals surface area contributed by atoms with Crippen molar-refractivity contribution in [1.29, 1.82) is 5.26 Å². The maximum Gasteiger partial charge on any atom is 0.231 e. The van der Waals surface area contributed by atoms with Crippen molar-refractivity contribution < 1.29 is 9.53 Å². The van der Waals surface area contributed by atoms with Gasteiger partial charge >= 0.3 is 0 Å². The maximum absolute atomic E-state index is 10.9. The summed E-state index contributed by atoms with van der Waals surface area (Å²) in [4.78, 5) is 14.9. The minimum absolute atomic E-state index is 0.0414. The summed E-state index contributed by atoms with van der Waals surface area (Å²) in [5.41, 5.74) is 6.60. The first-order valence-corrected chi connectivity index (χ1v) is 7.40. The van der Waals surface area contributed by atoms with E-state index in [1.54, 1.807) is 12.1 Å². The zero-order chi connectivity index (χ0) is 16.1. The molecule has 118 valence electrons. The second kappa shape index (κ2) is 7.45. The maximum atomic E-state index is 10.9. The second-order valence-electron chi connectivity index (χ2n) is 5.38. The Morgan fingerprint density at radius 1 is 1.64 bits per heavy atom.